The molecule has 9 nitrogen and oxygen atoms in total. The lowest BCUT2D eigenvalue weighted by Crippen LogP contribution is -2.37. The molecule has 0 saturated carbocycles. The highest BCUT2D eigenvalue weighted by atomic mass is 31.2. The third kappa shape index (κ3) is 24.8. The minimum atomic E-state index is -4.30. The molecular formula is C26H53NO8P+. The molecule has 0 fully saturated rings. The van der Waals surface area contributed by atoms with Crippen molar-refractivity contribution < 1.29 is 42.1 Å². The van der Waals surface area contributed by atoms with E-state index in [0.29, 0.717) is 17.6 Å². The fourth-order valence-corrected chi connectivity index (χ4v) is 4.19. The van der Waals surface area contributed by atoms with Crippen molar-refractivity contribution >= 4 is 19.6 Å². The monoisotopic (exact) mass is 538 g/mol. The molecule has 36 heavy (non-hydrogen) atoms. The van der Waals surface area contributed by atoms with E-state index in [-0.39, 0.29) is 32.0 Å². The molecule has 0 spiro atoms. The summed E-state index contributed by atoms with van der Waals surface area (Å²) >= 11 is 0. The van der Waals surface area contributed by atoms with Crippen molar-refractivity contribution in [3.05, 3.63) is 0 Å². The molecule has 0 amide bonds. The summed E-state index contributed by atoms with van der Waals surface area (Å²) < 4.78 is 33.6. The number of hydrogen-bond acceptors (Lipinski definition) is 7. The number of phosphoric acid groups is 1. The molecule has 0 rings (SSSR count). The smallest absolute Gasteiger partial charge is 0.457 e. The van der Waals surface area contributed by atoms with Crippen LogP contribution in [0.5, 0.6) is 0 Å². The van der Waals surface area contributed by atoms with Gasteiger partial charge in [-0.25, -0.2) is 4.57 Å². The van der Waals surface area contributed by atoms with E-state index in [2.05, 4.69) is 6.92 Å². The Morgan fingerprint density at radius 3 is 1.83 bits per heavy atom. The van der Waals surface area contributed by atoms with Gasteiger partial charge in [-0.1, -0.05) is 77.6 Å². The van der Waals surface area contributed by atoms with E-state index in [1.54, 1.807) is 0 Å². The van der Waals surface area contributed by atoms with Gasteiger partial charge in [0.05, 0.1) is 34.4 Å². The van der Waals surface area contributed by atoms with Crippen LogP contribution in [0.3, 0.4) is 0 Å². The number of carbonyl (C=O) groups excluding carboxylic acids is 2. The van der Waals surface area contributed by atoms with Gasteiger partial charge in [-0.2, -0.15) is 0 Å². The van der Waals surface area contributed by atoms with E-state index >= 15 is 0 Å². The number of nitrogens with zero attached hydrogens (tertiary/aromatic N) is 1. The van der Waals surface area contributed by atoms with Gasteiger partial charge in [0.2, 0.25) is 0 Å². The fraction of sp³-hybridized carbons (Fsp3) is 0.923. The van der Waals surface area contributed by atoms with Gasteiger partial charge in [0, 0.05) is 6.61 Å². The molecule has 0 aliphatic carbocycles. The molecule has 0 aromatic heterocycles. The minimum absolute atomic E-state index is 0.0144. The summed E-state index contributed by atoms with van der Waals surface area (Å²) in [6.07, 6.45) is 13.7. The van der Waals surface area contributed by atoms with E-state index in [9.17, 15) is 19.0 Å². The number of unbranched alkanes of at least 4 members (excludes halogenated alkanes) is 11. The van der Waals surface area contributed by atoms with Crippen molar-refractivity contribution in [2.75, 3.05) is 54.1 Å². The van der Waals surface area contributed by atoms with Crippen LogP contribution in [0.2, 0.25) is 0 Å². The van der Waals surface area contributed by atoms with Crippen LogP contribution >= 0.6 is 7.82 Å². The Labute approximate surface area is 219 Å². The largest absolute Gasteiger partial charge is 0.472 e. The lowest BCUT2D eigenvalue weighted by Gasteiger charge is -2.24. The van der Waals surface area contributed by atoms with E-state index in [1.807, 2.05) is 21.1 Å². The van der Waals surface area contributed by atoms with Crippen LogP contribution in [0.1, 0.15) is 97.3 Å². The number of carbonyl (C=O) groups is 2. The van der Waals surface area contributed by atoms with Crippen LogP contribution in [-0.4, -0.2) is 81.3 Å². The molecule has 1 N–H and O–H groups in total. The SMILES string of the molecule is CCCCCCCCCCCCCCOCC(COP(=O)(O)OCC[N+](C)(C)C)OC(=O)CC(C)=O. The first kappa shape index (κ1) is 35.2. The Kier molecular flexibility index (Phi) is 20.7. The number of rotatable bonds is 25. The van der Waals surface area contributed by atoms with Gasteiger partial charge >= 0.3 is 13.8 Å². The molecular weight excluding hydrogens is 485 g/mol. The van der Waals surface area contributed by atoms with Crippen LogP contribution in [0.15, 0.2) is 0 Å². The van der Waals surface area contributed by atoms with Crippen molar-refractivity contribution in [1.82, 2.24) is 0 Å². The Morgan fingerprint density at radius 1 is 0.806 bits per heavy atom. The molecule has 0 aromatic carbocycles. The van der Waals surface area contributed by atoms with Crippen molar-refractivity contribution in [1.29, 1.82) is 0 Å². The number of Topliss-reactive ketones (excluding diaryl/α,β-unsaturated/α-hetero) is 1. The molecule has 0 aliphatic heterocycles. The molecule has 2 atom stereocenters. The normalized spacial score (nSPS) is 14.4. The molecule has 0 bridgehead atoms. The second-order valence-corrected chi connectivity index (χ2v) is 12.0. The maximum atomic E-state index is 12.1. The third-order valence-electron chi connectivity index (χ3n) is 5.58. The quantitative estimate of drug-likeness (QED) is 0.0539. The maximum Gasteiger partial charge on any atom is 0.472 e. The summed E-state index contributed by atoms with van der Waals surface area (Å²) in [7, 11) is 1.51. The lowest BCUT2D eigenvalue weighted by atomic mass is 10.1. The number of ketones is 1. The van der Waals surface area contributed by atoms with Crippen LogP contribution in [0, 0.1) is 0 Å². The lowest BCUT2D eigenvalue weighted by molar-refractivity contribution is -0.870. The minimum Gasteiger partial charge on any atom is -0.457 e. The second kappa shape index (κ2) is 21.1. The second-order valence-electron chi connectivity index (χ2n) is 10.6. The van der Waals surface area contributed by atoms with E-state index in [1.165, 1.54) is 64.7 Å². The highest BCUT2D eigenvalue weighted by Gasteiger charge is 2.26. The molecule has 0 radical (unpaired) electrons. The topological polar surface area (TPSA) is 108 Å². The van der Waals surface area contributed by atoms with Crippen LogP contribution in [-0.2, 0) is 32.7 Å². The third-order valence-corrected chi connectivity index (χ3v) is 6.56. The zero-order valence-corrected chi connectivity index (χ0v) is 24.4. The Morgan fingerprint density at radius 2 is 1.33 bits per heavy atom. The van der Waals surface area contributed by atoms with E-state index in [0.717, 1.165) is 19.3 Å². The number of ether oxygens (including phenoxy) is 2. The van der Waals surface area contributed by atoms with Crippen molar-refractivity contribution in [2.24, 2.45) is 0 Å². The van der Waals surface area contributed by atoms with Crippen LogP contribution in [0.25, 0.3) is 0 Å². The molecule has 10 heteroatoms. The van der Waals surface area contributed by atoms with Gasteiger partial charge in [0.1, 0.15) is 31.5 Å². The Balaban J connectivity index is 4.15. The number of phosphoric ester groups is 1. The molecule has 0 aromatic rings. The highest BCUT2D eigenvalue weighted by molar-refractivity contribution is 7.47. The fourth-order valence-electron chi connectivity index (χ4n) is 3.45. The average Bonchev–Trinajstić information content (AvgIpc) is 2.76. The summed E-state index contributed by atoms with van der Waals surface area (Å²) in [6.45, 7) is 4.25. The summed E-state index contributed by atoms with van der Waals surface area (Å²) in [4.78, 5) is 33.0. The summed E-state index contributed by atoms with van der Waals surface area (Å²) in [5.41, 5.74) is 0. The van der Waals surface area contributed by atoms with Crippen LogP contribution in [0.4, 0.5) is 0 Å². The number of quaternary nitrogens is 1. The van der Waals surface area contributed by atoms with E-state index < -0.39 is 19.9 Å². The van der Waals surface area contributed by atoms with Crippen molar-refractivity contribution in [3.63, 3.8) is 0 Å². The number of hydrogen-bond donors (Lipinski definition) is 1. The zero-order chi connectivity index (χ0) is 27.3. The van der Waals surface area contributed by atoms with Crippen molar-refractivity contribution in [3.8, 4) is 0 Å². The summed E-state index contributed by atoms with van der Waals surface area (Å²) in [5.74, 6) is -1.04. The summed E-state index contributed by atoms with van der Waals surface area (Å²) in [5, 5.41) is 0. The molecule has 214 valence electrons. The molecule has 0 aliphatic rings. The zero-order valence-electron chi connectivity index (χ0n) is 23.5. The van der Waals surface area contributed by atoms with Crippen LogP contribution < -0.4 is 0 Å². The number of likely N-dealkylation sites (N-methyl/N-ethyl adjacent to an activating group) is 1. The number of esters is 1. The Bertz CT molecular complexity index is 624. The van der Waals surface area contributed by atoms with Gasteiger partial charge < -0.3 is 18.9 Å². The standard InChI is InChI=1S/C26H52NO8P/c1-6-7-8-9-10-11-12-13-14-15-16-17-19-32-22-25(35-26(29)21-24(2)28)23-34-36(30,31)33-20-18-27(3,4)5/h25H,6-23H2,1-5H3/p+1. The molecule has 0 saturated heterocycles. The van der Waals surface area contributed by atoms with E-state index in [4.69, 9.17) is 18.5 Å². The van der Waals surface area contributed by atoms with Gasteiger partial charge in [-0.15, -0.1) is 0 Å². The van der Waals surface area contributed by atoms with Gasteiger partial charge in [0.25, 0.3) is 0 Å². The first-order valence-corrected chi connectivity index (χ1v) is 15.1. The first-order valence-electron chi connectivity index (χ1n) is 13.6. The van der Waals surface area contributed by atoms with Gasteiger partial charge in [-0.3, -0.25) is 18.6 Å². The first-order chi connectivity index (χ1) is 16.9. The van der Waals surface area contributed by atoms with Crippen molar-refractivity contribution in [2.45, 2.75) is 103 Å². The predicted octanol–water partition coefficient (Wildman–Crippen LogP) is 5.43. The van der Waals surface area contributed by atoms with Gasteiger partial charge in [-0.05, 0) is 13.3 Å². The maximum absolute atomic E-state index is 12.1. The average molecular weight is 539 g/mol. The molecule has 0 heterocycles. The Hall–Kier alpha value is -0.830. The predicted molar refractivity (Wildman–Crippen MR) is 142 cm³/mol. The van der Waals surface area contributed by atoms with Gasteiger partial charge in [0.15, 0.2) is 0 Å². The summed E-state index contributed by atoms with van der Waals surface area (Å²) in [6, 6.07) is 0. The molecule has 2 unspecified atom stereocenters. The highest BCUT2D eigenvalue weighted by Crippen LogP contribution is 2.43.